The zero-order chi connectivity index (χ0) is 14.6. The van der Waals surface area contributed by atoms with Gasteiger partial charge in [-0.3, -0.25) is 0 Å². The fraction of sp³-hybridized carbons (Fsp3) is 0.769. The molecular weight excluding hydrogens is 256 g/mol. The lowest BCUT2D eigenvalue weighted by Gasteiger charge is -2.24. The quantitative estimate of drug-likeness (QED) is 0.719. The largest absolute Gasteiger partial charge is 0.394 e. The highest BCUT2D eigenvalue weighted by Crippen LogP contribution is 2.20. The van der Waals surface area contributed by atoms with Gasteiger partial charge in [0.25, 0.3) is 0 Å². The van der Waals surface area contributed by atoms with Crippen LogP contribution in [0.5, 0.6) is 0 Å². The summed E-state index contributed by atoms with van der Waals surface area (Å²) >= 11 is 0. The van der Waals surface area contributed by atoms with Gasteiger partial charge in [0.15, 0.2) is 0 Å². The predicted molar refractivity (Wildman–Crippen MR) is 80.2 cm³/mol. The summed E-state index contributed by atoms with van der Waals surface area (Å²) in [5.74, 6) is 1.77. The van der Waals surface area contributed by atoms with Crippen LogP contribution in [0.3, 0.4) is 0 Å². The summed E-state index contributed by atoms with van der Waals surface area (Å²) in [6.45, 7) is 8.54. The number of nitrogens with one attached hydrogen (secondary N) is 2. The van der Waals surface area contributed by atoms with Crippen molar-refractivity contribution >= 4 is 17.8 Å². The van der Waals surface area contributed by atoms with E-state index in [9.17, 15) is 5.11 Å². The van der Waals surface area contributed by atoms with E-state index < -0.39 is 5.54 Å². The van der Waals surface area contributed by atoms with Crippen molar-refractivity contribution in [3.63, 3.8) is 0 Å². The van der Waals surface area contributed by atoms with Gasteiger partial charge >= 0.3 is 0 Å². The predicted octanol–water partition coefficient (Wildman–Crippen LogP) is 1.09. The van der Waals surface area contributed by atoms with Crippen LogP contribution in [0.1, 0.15) is 33.6 Å². The number of aromatic nitrogens is 3. The van der Waals surface area contributed by atoms with Crippen LogP contribution in [0, 0.1) is 0 Å². The van der Waals surface area contributed by atoms with Crippen LogP contribution in [0.4, 0.5) is 17.8 Å². The highest BCUT2D eigenvalue weighted by atomic mass is 16.3. The minimum Gasteiger partial charge on any atom is -0.394 e. The third-order valence-electron chi connectivity index (χ3n) is 3.19. The first-order chi connectivity index (χ1) is 9.54. The zero-order valence-electron chi connectivity index (χ0n) is 12.5. The first-order valence-corrected chi connectivity index (χ1v) is 7.18. The number of aliphatic hydroxyl groups excluding tert-OH is 1. The van der Waals surface area contributed by atoms with Crippen molar-refractivity contribution in [2.45, 2.75) is 39.2 Å². The van der Waals surface area contributed by atoms with Crippen LogP contribution >= 0.6 is 0 Å². The minimum atomic E-state index is -0.465. The van der Waals surface area contributed by atoms with Crippen molar-refractivity contribution in [2.75, 3.05) is 41.8 Å². The summed E-state index contributed by atoms with van der Waals surface area (Å²) in [4.78, 5) is 15.4. The molecule has 1 fully saturated rings. The number of aliphatic hydroxyl groups is 1. The summed E-state index contributed by atoms with van der Waals surface area (Å²) in [5.41, 5.74) is -0.465. The van der Waals surface area contributed by atoms with Crippen molar-refractivity contribution in [3.05, 3.63) is 0 Å². The molecule has 0 amide bonds. The maximum absolute atomic E-state index is 9.35. The summed E-state index contributed by atoms with van der Waals surface area (Å²) in [5, 5.41) is 15.6. The van der Waals surface area contributed by atoms with E-state index in [1.165, 1.54) is 12.8 Å². The molecule has 7 heteroatoms. The Kier molecular flexibility index (Phi) is 4.59. The molecule has 1 aromatic rings. The highest BCUT2D eigenvalue weighted by Gasteiger charge is 2.21. The van der Waals surface area contributed by atoms with Gasteiger partial charge in [0.1, 0.15) is 0 Å². The molecule has 1 aliphatic rings. The van der Waals surface area contributed by atoms with Gasteiger partial charge in [0.05, 0.1) is 12.1 Å². The lowest BCUT2D eigenvalue weighted by atomic mass is 10.1. The smallest absolute Gasteiger partial charge is 0.231 e. The molecule has 0 atom stereocenters. The Morgan fingerprint density at radius 1 is 1.15 bits per heavy atom. The Labute approximate surface area is 119 Å². The second-order valence-corrected chi connectivity index (χ2v) is 5.67. The van der Waals surface area contributed by atoms with E-state index in [1.807, 2.05) is 20.8 Å². The third-order valence-corrected chi connectivity index (χ3v) is 3.19. The molecular formula is C13H24N6O. The first-order valence-electron chi connectivity index (χ1n) is 7.18. The van der Waals surface area contributed by atoms with Gasteiger partial charge in [-0.15, -0.1) is 0 Å². The third kappa shape index (κ3) is 3.69. The SMILES string of the molecule is CCNc1nc(NC(C)(C)CO)nc(N2CCCC2)n1. The molecule has 1 aliphatic heterocycles. The highest BCUT2D eigenvalue weighted by molar-refractivity contribution is 5.45. The van der Waals surface area contributed by atoms with Gasteiger partial charge < -0.3 is 20.6 Å². The van der Waals surface area contributed by atoms with E-state index >= 15 is 0 Å². The molecule has 7 nitrogen and oxygen atoms in total. The van der Waals surface area contributed by atoms with E-state index in [0.717, 1.165) is 19.6 Å². The van der Waals surface area contributed by atoms with E-state index in [-0.39, 0.29) is 6.61 Å². The minimum absolute atomic E-state index is 0.00820. The average Bonchev–Trinajstić information content (AvgIpc) is 2.92. The summed E-state index contributed by atoms with van der Waals surface area (Å²) in [6, 6.07) is 0. The molecule has 0 spiro atoms. The maximum Gasteiger partial charge on any atom is 0.231 e. The number of hydrogen-bond acceptors (Lipinski definition) is 7. The van der Waals surface area contributed by atoms with Crippen LogP contribution in [0.2, 0.25) is 0 Å². The van der Waals surface area contributed by atoms with Gasteiger partial charge in [-0.1, -0.05) is 0 Å². The second-order valence-electron chi connectivity index (χ2n) is 5.67. The molecule has 1 aromatic heterocycles. The van der Waals surface area contributed by atoms with Crippen molar-refractivity contribution in [1.29, 1.82) is 0 Å². The van der Waals surface area contributed by atoms with E-state index in [1.54, 1.807) is 0 Å². The maximum atomic E-state index is 9.35. The van der Waals surface area contributed by atoms with Gasteiger partial charge in [0, 0.05) is 19.6 Å². The summed E-state index contributed by atoms with van der Waals surface area (Å²) in [7, 11) is 0. The van der Waals surface area contributed by atoms with Gasteiger partial charge in [-0.25, -0.2) is 0 Å². The lowest BCUT2D eigenvalue weighted by Crippen LogP contribution is -2.36. The molecule has 2 heterocycles. The van der Waals surface area contributed by atoms with Crippen molar-refractivity contribution < 1.29 is 5.11 Å². The molecule has 0 saturated carbocycles. The Morgan fingerprint density at radius 3 is 2.40 bits per heavy atom. The number of anilines is 3. The molecule has 20 heavy (non-hydrogen) atoms. The van der Waals surface area contributed by atoms with Crippen LogP contribution in [-0.4, -0.2) is 51.8 Å². The number of nitrogens with zero attached hydrogens (tertiary/aromatic N) is 4. The fourth-order valence-corrected chi connectivity index (χ4v) is 2.06. The van der Waals surface area contributed by atoms with Gasteiger partial charge in [0.2, 0.25) is 17.8 Å². The monoisotopic (exact) mass is 280 g/mol. The van der Waals surface area contributed by atoms with Crippen molar-refractivity contribution in [3.8, 4) is 0 Å². The van der Waals surface area contributed by atoms with E-state index in [0.29, 0.717) is 17.8 Å². The standard InChI is InChI=1S/C13H24N6O/c1-4-14-10-15-11(18-13(2,3)9-20)17-12(16-10)19-7-5-6-8-19/h20H,4-9H2,1-3H3,(H2,14,15,16,17,18). The van der Waals surface area contributed by atoms with Crippen LogP contribution < -0.4 is 15.5 Å². The summed E-state index contributed by atoms with van der Waals surface area (Å²) < 4.78 is 0. The zero-order valence-corrected chi connectivity index (χ0v) is 12.5. The van der Waals surface area contributed by atoms with Crippen LogP contribution in [0.15, 0.2) is 0 Å². The fourth-order valence-electron chi connectivity index (χ4n) is 2.06. The lowest BCUT2D eigenvalue weighted by molar-refractivity contribution is 0.233. The van der Waals surface area contributed by atoms with Crippen molar-refractivity contribution in [1.82, 2.24) is 15.0 Å². The number of rotatable bonds is 6. The normalized spacial score (nSPS) is 15.5. The molecule has 2 rings (SSSR count). The molecule has 0 unspecified atom stereocenters. The molecule has 0 bridgehead atoms. The van der Waals surface area contributed by atoms with Gasteiger partial charge in [-0.05, 0) is 33.6 Å². The summed E-state index contributed by atoms with van der Waals surface area (Å²) in [6.07, 6.45) is 2.35. The Hall–Kier alpha value is -1.63. The van der Waals surface area contributed by atoms with E-state index in [4.69, 9.17) is 0 Å². The second kappa shape index (κ2) is 6.21. The van der Waals surface area contributed by atoms with Crippen molar-refractivity contribution in [2.24, 2.45) is 0 Å². The molecule has 0 aliphatic carbocycles. The van der Waals surface area contributed by atoms with Gasteiger partial charge in [-0.2, -0.15) is 15.0 Å². The number of hydrogen-bond donors (Lipinski definition) is 3. The first kappa shape index (κ1) is 14.8. The molecule has 1 saturated heterocycles. The molecule has 0 radical (unpaired) electrons. The molecule has 112 valence electrons. The topological polar surface area (TPSA) is 86.2 Å². The average molecular weight is 280 g/mol. The van der Waals surface area contributed by atoms with Crippen LogP contribution in [-0.2, 0) is 0 Å². The Balaban J connectivity index is 2.25. The molecule has 3 N–H and O–H groups in total. The Bertz CT molecular complexity index is 444. The van der Waals surface area contributed by atoms with Crippen LogP contribution in [0.25, 0.3) is 0 Å². The Morgan fingerprint density at radius 2 is 1.80 bits per heavy atom. The molecule has 0 aromatic carbocycles. The van der Waals surface area contributed by atoms with E-state index in [2.05, 4.69) is 30.5 Å².